The number of rotatable bonds is 4. The lowest BCUT2D eigenvalue weighted by Gasteiger charge is -2.30. The molecule has 1 heterocycles. The van der Waals surface area contributed by atoms with E-state index < -0.39 is 0 Å². The van der Waals surface area contributed by atoms with E-state index in [1.165, 1.54) is 0 Å². The van der Waals surface area contributed by atoms with E-state index in [4.69, 9.17) is 16.3 Å². The number of morpholine rings is 1. The van der Waals surface area contributed by atoms with Gasteiger partial charge in [-0.1, -0.05) is 41.9 Å². The first-order chi connectivity index (χ1) is 11.2. The van der Waals surface area contributed by atoms with Gasteiger partial charge in [0.15, 0.2) is 0 Å². The van der Waals surface area contributed by atoms with Crippen LogP contribution in [0, 0.1) is 0 Å². The summed E-state index contributed by atoms with van der Waals surface area (Å²) in [5.74, 6) is 0.129. The average molecular weight is 348 g/mol. The molecule has 120 valence electrons. The smallest absolute Gasteiger partial charge is 0.240 e. The molecule has 0 radical (unpaired) electrons. The molecule has 3 nitrogen and oxygen atoms in total. The van der Waals surface area contributed by atoms with Gasteiger partial charge in [0, 0.05) is 23.0 Å². The van der Waals surface area contributed by atoms with Crippen molar-refractivity contribution in [3.05, 3.63) is 65.2 Å². The lowest BCUT2D eigenvalue weighted by molar-refractivity contribution is -0.134. The zero-order valence-corrected chi connectivity index (χ0v) is 14.2. The Morgan fingerprint density at radius 1 is 1.04 bits per heavy atom. The fourth-order valence-electron chi connectivity index (χ4n) is 2.48. The van der Waals surface area contributed by atoms with Gasteiger partial charge in [-0.05, 0) is 29.8 Å². The van der Waals surface area contributed by atoms with Crippen molar-refractivity contribution < 1.29 is 9.53 Å². The molecule has 1 atom stereocenters. The minimum absolute atomic E-state index is 0.129. The first-order valence-corrected chi connectivity index (χ1v) is 8.83. The van der Waals surface area contributed by atoms with Crippen LogP contribution in [0.1, 0.15) is 10.8 Å². The van der Waals surface area contributed by atoms with E-state index in [0.29, 0.717) is 31.3 Å². The molecule has 0 aromatic heterocycles. The molecule has 0 spiro atoms. The predicted molar refractivity (Wildman–Crippen MR) is 93.9 cm³/mol. The summed E-state index contributed by atoms with van der Waals surface area (Å²) in [5.41, 5.74) is 0.972. The fourth-order valence-corrected chi connectivity index (χ4v) is 3.74. The van der Waals surface area contributed by atoms with Gasteiger partial charge >= 0.3 is 0 Å². The summed E-state index contributed by atoms with van der Waals surface area (Å²) < 4.78 is 5.35. The summed E-state index contributed by atoms with van der Waals surface area (Å²) >= 11 is 7.56. The Bertz CT molecular complexity index is 642. The highest BCUT2D eigenvalue weighted by Crippen LogP contribution is 2.37. The summed E-state index contributed by atoms with van der Waals surface area (Å²) in [6.07, 6.45) is 0. The summed E-state index contributed by atoms with van der Waals surface area (Å²) in [6, 6.07) is 17.5. The number of carbonyl (C=O) groups excluding carboxylic acids is 1. The Balaban J connectivity index is 1.85. The number of hydrogen-bond donors (Lipinski definition) is 0. The Kier molecular flexibility index (Phi) is 5.60. The molecule has 1 unspecified atom stereocenters. The number of thioether (sulfide) groups is 1. The van der Waals surface area contributed by atoms with Gasteiger partial charge in [-0.3, -0.25) is 4.79 Å². The maximum Gasteiger partial charge on any atom is 0.240 e. The van der Waals surface area contributed by atoms with Crippen molar-refractivity contribution in [2.75, 3.05) is 26.3 Å². The normalized spacial score (nSPS) is 16.1. The van der Waals surface area contributed by atoms with E-state index in [9.17, 15) is 4.79 Å². The number of amides is 1. The Morgan fingerprint density at radius 3 is 2.35 bits per heavy atom. The Hall–Kier alpha value is -1.49. The molecule has 1 fully saturated rings. The molecule has 3 rings (SSSR count). The molecule has 0 saturated carbocycles. The van der Waals surface area contributed by atoms with Gasteiger partial charge in [-0.2, -0.15) is 0 Å². The maximum absolute atomic E-state index is 13.0. The van der Waals surface area contributed by atoms with Gasteiger partial charge in [0.1, 0.15) is 5.25 Å². The standard InChI is InChI=1S/C18H18ClNO2S/c19-15-8-6-14(7-9-15)17(23-16-4-2-1-3-5-16)18(21)20-10-12-22-13-11-20/h1-9,17H,10-13H2. The number of hydrogen-bond acceptors (Lipinski definition) is 3. The van der Waals surface area contributed by atoms with Crippen LogP contribution in [0.5, 0.6) is 0 Å². The van der Waals surface area contributed by atoms with Crippen LogP contribution in [-0.4, -0.2) is 37.1 Å². The molecule has 23 heavy (non-hydrogen) atoms. The molecule has 0 bridgehead atoms. The Morgan fingerprint density at radius 2 is 1.70 bits per heavy atom. The first kappa shape index (κ1) is 16.4. The van der Waals surface area contributed by atoms with E-state index >= 15 is 0 Å². The third kappa shape index (κ3) is 4.28. The van der Waals surface area contributed by atoms with Gasteiger partial charge in [-0.25, -0.2) is 0 Å². The summed E-state index contributed by atoms with van der Waals surface area (Å²) in [5, 5.41) is 0.406. The molecule has 1 amide bonds. The molecule has 1 aliphatic rings. The van der Waals surface area contributed by atoms with Crippen LogP contribution in [0.15, 0.2) is 59.5 Å². The van der Waals surface area contributed by atoms with Crippen molar-refractivity contribution in [1.82, 2.24) is 4.90 Å². The molecule has 5 heteroatoms. The van der Waals surface area contributed by atoms with Crippen LogP contribution in [0.3, 0.4) is 0 Å². The van der Waals surface area contributed by atoms with Crippen LogP contribution in [0.25, 0.3) is 0 Å². The molecule has 0 aliphatic carbocycles. The van der Waals surface area contributed by atoms with E-state index in [0.717, 1.165) is 10.5 Å². The number of nitrogens with zero attached hydrogens (tertiary/aromatic N) is 1. The number of halogens is 1. The molecular weight excluding hydrogens is 330 g/mol. The number of carbonyl (C=O) groups is 1. The molecule has 0 N–H and O–H groups in total. The number of benzene rings is 2. The zero-order chi connectivity index (χ0) is 16.1. The summed E-state index contributed by atoms with van der Waals surface area (Å²) in [4.78, 5) is 16.0. The van der Waals surface area contributed by atoms with Crippen LogP contribution in [0.4, 0.5) is 0 Å². The minimum atomic E-state index is -0.271. The van der Waals surface area contributed by atoms with Crippen LogP contribution >= 0.6 is 23.4 Å². The summed E-state index contributed by atoms with van der Waals surface area (Å²) in [7, 11) is 0. The van der Waals surface area contributed by atoms with Crippen LogP contribution in [0.2, 0.25) is 5.02 Å². The van der Waals surface area contributed by atoms with Gasteiger partial charge in [-0.15, -0.1) is 11.8 Å². The number of ether oxygens (including phenoxy) is 1. The van der Waals surface area contributed by atoms with Crippen molar-refractivity contribution in [2.24, 2.45) is 0 Å². The van der Waals surface area contributed by atoms with Crippen LogP contribution < -0.4 is 0 Å². The first-order valence-electron chi connectivity index (χ1n) is 7.58. The zero-order valence-electron chi connectivity index (χ0n) is 12.7. The highest BCUT2D eigenvalue weighted by atomic mass is 35.5. The molecule has 2 aromatic carbocycles. The predicted octanol–water partition coefficient (Wildman–Crippen LogP) is 4.03. The van der Waals surface area contributed by atoms with Gasteiger partial charge in [0.05, 0.1) is 13.2 Å². The summed E-state index contributed by atoms with van der Waals surface area (Å²) in [6.45, 7) is 2.51. The highest BCUT2D eigenvalue weighted by Gasteiger charge is 2.28. The van der Waals surface area contributed by atoms with Crippen LogP contribution in [-0.2, 0) is 9.53 Å². The lowest BCUT2D eigenvalue weighted by atomic mass is 10.1. The third-order valence-corrected chi connectivity index (χ3v) is 5.22. The minimum Gasteiger partial charge on any atom is -0.378 e. The molecule has 2 aromatic rings. The van der Waals surface area contributed by atoms with Gasteiger partial charge < -0.3 is 9.64 Å². The second-order valence-electron chi connectivity index (χ2n) is 5.30. The van der Waals surface area contributed by atoms with Crippen molar-refractivity contribution in [3.8, 4) is 0 Å². The third-order valence-electron chi connectivity index (χ3n) is 3.72. The molecule has 1 saturated heterocycles. The average Bonchev–Trinajstić information content (AvgIpc) is 2.62. The van der Waals surface area contributed by atoms with E-state index in [1.54, 1.807) is 11.8 Å². The topological polar surface area (TPSA) is 29.5 Å². The quantitative estimate of drug-likeness (QED) is 0.782. The van der Waals surface area contributed by atoms with Crippen molar-refractivity contribution in [3.63, 3.8) is 0 Å². The van der Waals surface area contributed by atoms with Crippen molar-refractivity contribution >= 4 is 29.3 Å². The second kappa shape index (κ2) is 7.86. The highest BCUT2D eigenvalue weighted by molar-refractivity contribution is 8.00. The molecular formula is C18H18ClNO2S. The monoisotopic (exact) mass is 347 g/mol. The SMILES string of the molecule is O=C(C(Sc1ccccc1)c1ccc(Cl)cc1)N1CCOCC1. The van der Waals surface area contributed by atoms with Crippen molar-refractivity contribution in [1.29, 1.82) is 0 Å². The van der Waals surface area contributed by atoms with Gasteiger partial charge in [0.25, 0.3) is 0 Å². The Labute approximate surface area is 145 Å². The largest absolute Gasteiger partial charge is 0.378 e. The van der Waals surface area contributed by atoms with Crippen molar-refractivity contribution in [2.45, 2.75) is 10.1 Å². The van der Waals surface area contributed by atoms with E-state index in [2.05, 4.69) is 0 Å². The molecule has 1 aliphatic heterocycles. The fraction of sp³-hybridized carbons (Fsp3) is 0.278. The second-order valence-corrected chi connectivity index (χ2v) is 6.92. The van der Waals surface area contributed by atoms with Gasteiger partial charge in [0.2, 0.25) is 5.91 Å². The maximum atomic E-state index is 13.0. The lowest BCUT2D eigenvalue weighted by Crippen LogP contribution is -2.42. The van der Waals surface area contributed by atoms with E-state index in [-0.39, 0.29) is 11.2 Å². The van der Waals surface area contributed by atoms with E-state index in [1.807, 2.05) is 59.5 Å².